The number of aryl methyl sites for hydroxylation is 2. The third-order valence-corrected chi connectivity index (χ3v) is 7.02. The summed E-state index contributed by atoms with van der Waals surface area (Å²) in [7, 11) is 0. The van der Waals surface area contributed by atoms with Crippen molar-refractivity contribution in [2.75, 3.05) is 0 Å². The standard InChI is InChI=1S/C23H27N3O2S/c1-4-16-6-8-17(9-7-16)15(3)25-20(27)12-26-13-24-22-21(23(26)28)18-10-5-14(2)11-19(18)29-22/h6-9,13-15H,4-5,10-12H2,1-3H3,(H,25,27)/t14-,15-/m1/s1. The summed E-state index contributed by atoms with van der Waals surface area (Å²) in [5.74, 6) is 0.467. The molecule has 2 aromatic heterocycles. The van der Waals surface area contributed by atoms with E-state index in [0.29, 0.717) is 5.92 Å². The van der Waals surface area contributed by atoms with Gasteiger partial charge in [0.15, 0.2) is 0 Å². The lowest BCUT2D eigenvalue weighted by Crippen LogP contribution is -2.34. The number of hydrogen-bond donors (Lipinski definition) is 1. The van der Waals surface area contributed by atoms with Crippen LogP contribution in [0.5, 0.6) is 0 Å². The van der Waals surface area contributed by atoms with Gasteiger partial charge in [-0.05, 0) is 55.2 Å². The quantitative estimate of drug-likeness (QED) is 0.692. The van der Waals surface area contributed by atoms with Crippen LogP contribution in [0.2, 0.25) is 0 Å². The highest BCUT2D eigenvalue weighted by Gasteiger charge is 2.23. The Morgan fingerprint density at radius 2 is 2.10 bits per heavy atom. The van der Waals surface area contributed by atoms with Crippen LogP contribution in [0.4, 0.5) is 0 Å². The lowest BCUT2D eigenvalue weighted by atomic mass is 9.89. The molecule has 2 heterocycles. The lowest BCUT2D eigenvalue weighted by Gasteiger charge is -2.17. The molecule has 0 spiro atoms. The third-order valence-electron chi connectivity index (χ3n) is 5.86. The first-order valence-corrected chi connectivity index (χ1v) is 11.2. The summed E-state index contributed by atoms with van der Waals surface area (Å²) < 4.78 is 1.44. The van der Waals surface area contributed by atoms with Gasteiger partial charge in [0.05, 0.1) is 17.8 Å². The number of carbonyl (C=O) groups excluding carboxylic acids is 1. The minimum Gasteiger partial charge on any atom is -0.348 e. The molecule has 1 aliphatic rings. The maximum absolute atomic E-state index is 13.1. The van der Waals surface area contributed by atoms with Crippen molar-refractivity contribution in [2.45, 2.75) is 59.0 Å². The molecule has 152 valence electrons. The van der Waals surface area contributed by atoms with E-state index in [0.717, 1.165) is 47.0 Å². The molecule has 5 nitrogen and oxygen atoms in total. The molecule has 0 fully saturated rings. The Kier molecular flexibility index (Phi) is 5.54. The van der Waals surface area contributed by atoms with Gasteiger partial charge in [-0.15, -0.1) is 11.3 Å². The third kappa shape index (κ3) is 3.99. The average molecular weight is 410 g/mol. The molecule has 0 saturated carbocycles. The van der Waals surface area contributed by atoms with Gasteiger partial charge in [0.2, 0.25) is 5.91 Å². The molecule has 0 radical (unpaired) electrons. The second kappa shape index (κ2) is 8.11. The van der Waals surface area contributed by atoms with E-state index in [2.05, 4.69) is 36.3 Å². The van der Waals surface area contributed by atoms with Crippen LogP contribution in [0, 0.1) is 5.92 Å². The molecule has 4 rings (SSSR count). The molecule has 0 aliphatic heterocycles. The van der Waals surface area contributed by atoms with E-state index < -0.39 is 0 Å². The van der Waals surface area contributed by atoms with Crippen LogP contribution >= 0.6 is 11.3 Å². The number of carbonyl (C=O) groups is 1. The topological polar surface area (TPSA) is 64.0 Å². The number of benzene rings is 1. The highest BCUT2D eigenvalue weighted by atomic mass is 32.1. The molecule has 0 unspecified atom stereocenters. The van der Waals surface area contributed by atoms with Gasteiger partial charge in [-0.1, -0.05) is 38.1 Å². The van der Waals surface area contributed by atoms with Gasteiger partial charge in [0.25, 0.3) is 5.56 Å². The predicted molar refractivity (Wildman–Crippen MR) is 117 cm³/mol. The van der Waals surface area contributed by atoms with Crippen LogP contribution in [0.1, 0.15) is 54.8 Å². The molecule has 3 aromatic rings. The van der Waals surface area contributed by atoms with Crippen LogP contribution in [0.25, 0.3) is 10.2 Å². The summed E-state index contributed by atoms with van der Waals surface area (Å²) in [6.45, 7) is 6.31. The Bertz CT molecular complexity index is 1100. The summed E-state index contributed by atoms with van der Waals surface area (Å²) >= 11 is 1.63. The maximum atomic E-state index is 13.1. The molecule has 1 amide bonds. The normalized spacial score (nSPS) is 17.1. The van der Waals surface area contributed by atoms with Crippen molar-refractivity contribution in [3.8, 4) is 0 Å². The number of fused-ring (bicyclic) bond motifs is 3. The second-order valence-electron chi connectivity index (χ2n) is 8.09. The molecule has 1 aromatic carbocycles. The number of nitrogens with zero attached hydrogens (tertiary/aromatic N) is 2. The van der Waals surface area contributed by atoms with E-state index in [-0.39, 0.29) is 24.1 Å². The van der Waals surface area contributed by atoms with Crippen molar-refractivity contribution in [2.24, 2.45) is 5.92 Å². The van der Waals surface area contributed by atoms with Gasteiger partial charge >= 0.3 is 0 Å². The SMILES string of the molecule is CCc1ccc([C@@H](C)NC(=O)Cn2cnc3sc4c(c3c2=O)CC[C@@H](C)C4)cc1. The summed E-state index contributed by atoms with van der Waals surface area (Å²) in [5, 5.41) is 3.71. The molecular weight excluding hydrogens is 382 g/mol. The number of amides is 1. The van der Waals surface area contributed by atoms with Crippen molar-refractivity contribution in [3.05, 3.63) is 62.5 Å². The van der Waals surface area contributed by atoms with Gasteiger partial charge in [-0.25, -0.2) is 4.98 Å². The molecule has 29 heavy (non-hydrogen) atoms. The molecule has 2 atom stereocenters. The smallest absolute Gasteiger partial charge is 0.262 e. The van der Waals surface area contributed by atoms with E-state index >= 15 is 0 Å². The highest BCUT2D eigenvalue weighted by Crippen LogP contribution is 2.35. The van der Waals surface area contributed by atoms with E-state index in [1.807, 2.05) is 19.1 Å². The number of aromatic nitrogens is 2. The summed E-state index contributed by atoms with van der Waals surface area (Å²) in [6, 6.07) is 8.14. The first-order valence-electron chi connectivity index (χ1n) is 10.3. The molecular formula is C23H27N3O2S. The number of rotatable bonds is 5. The van der Waals surface area contributed by atoms with E-state index in [1.165, 1.54) is 21.3 Å². The van der Waals surface area contributed by atoms with Gasteiger partial charge in [0.1, 0.15) is 11.4 Å². The zero-order valence-electron chi connectivity index (χ0n) is 17.2. The van der Waals surface area contributed by atoms with Crippen LogP contribution in [-0.2, 0) is 30.6 Å². The van der Waals surface area contributed by atoms with Crippen molar-refractivity contribution in [3.63, 3.8) is 0 Å². The first-order chi connectivity index (χ1) is 14.0. The Labute approximate surface area is 174 Å². The monoisotopic (exact) mass is 409 g/mol. The molecule has 0 bridgehead atoms. The van der Waals surface area contributed by atoms with Gasteiger partial charge in [-0.2, -0.15) is 0 Å². The Hall–Kier alpha value is -2.47. The summed E-state index contributed by atoms with van der Waals surface area (Å²) in [4.78, 5) is 32.2. The predicted octanol–water partition coefficient (Wildman–Crippen LogP) is 4.02. The van der Waals surface area contributed by atoms with E-state index in [4.69, 9.17) is 0 Å². The highest BCUT2D eigenvalue weighted by molar-refractivity contribution is 7.18. The Morgan fingerprint density at radius 3 is 2.83 bits per heavy atom. The van der Waals surface area contributed by atoms with Crippen LogP contribution < -0.4 is 10.9 Å². The zero-order valence-corrected chi connectivity index (χ0v) is 18.0. The van der Waals surface area contributed by atoms with Gasteiger partial charge in [-0.3, -0.25) is 14.2 Å². The van der Waals surface area contributed by atoms with Crippen molar-refractivity contribution < 1.29 is 4.79 Å². The van der Waals surface area contributed by atoms with Crippen molar-refractivity contribution in [1.82, 2.24) is 14.9 Å². The number of nitrogens with one attached hydrogen (secondary N) is 1. The van der Waals surface area contributed by atoms with Crippen molar-refractivity contribution >= 4 is 27.5 Å². The minimum atomic E-state index is -0.182. The molecule has 1 N–H and O–H groups in total. The minimum absolute atomic E-state index is 0.0137. The largest absolute Gasteiger partial charge is 0.348 e. The van der Waals surface area contributed by atoms with Crippen molar-refractivity contribution in [1.29, 1.82) is 0 Å². The van der Waals surface area contributed by atoms with Crippen LogP contribution in [-0.4, -0.2) is 15.5 Å². The van der Waals surface area contributed by atoms with E-state index in [9.17, 15) is 9.59 Å². The molecule has 0 saturated heterocycles. The fraction of sp³-hybridized carbons (Fsp3) is 0.435. The fourth-order valence-electron chi connectivity index (χ4n) is 4.05. The fourth-order valence-corrected chi connectivity index (χ4v) is 5.39. The van der Waals surface area contributed by atoms with Crippen LogP contribution in [0.3, 0.4) is 0 Å². The Morgan fingerprint density at radius 1 is 1.34 bits per heavy atom. The molecule has 6 heteroatoms. The Balaban J connectivity index is 1.52. The molecule has 1 aliphatic carbocycles. The first kappa shape index (κ1) is 19.8. The average Bonchev–Trinajstić information content (AvgIpc) is 3.08. The van der Waals surface area contributed by atoms with E-state index in [1.54, 1.807) is 11.3 Å². The maximum Gasteiger partial charge on any atom is 0.262 e. The van der Waals surface area contributed by atoms with Gasteiger partial charge < -0.3 is 5.32 Å². The van der Waals surface area contributed by atoms with Gasteiger partial charge in [0, 0.05) is 4.88 Å². The van der Waals surface area contributed by atoms with Crippen LogP contribution in [0.15, 0.2) is 35.4 Å². The summed E-state index contributed by atoms with van der Waals surface area (Å²) in [6.07, 6.45) is 5.54. The number of hydrogen-bond acceptors (Lipinski definition) is 4. The second-order valence-corrected chi connectivity index (χ2v) is 9.18. The number of thiophene rings is 1. The zero-order chi connectivity index (χ0) is 20.5. The summed E-state index contributed by atoms with van der Waals surface area (Å²) in [5.41, 5.74) is 3.38. The lowest BCUT2D eigenvalue weighted by molar-refractivity contribution is -0.122.